The molecule has 0 heterocycles. The zero-order valence-corrected chi connectivity index (χ0v) is 18.8. The lowest BCUT2D eigenvalue weighted by atomic mass is 10.1. The molecule has 0 saturated carbocycles. The molecular formula is C24H20BrN3O4. The molecule has 0 spiro atoms. The summed E-state index contributed by atoms with van der Waals surface area (Å²) in [5.41, 5.74) is 4.83. The van der Waals surface area contributed by atoms with Gasteiger partial charge in [0.15, 0.2) is 0 Å². The van der Waals surface area contributed by atoms with Crippen LogP contribution in [0.15, 0.2) is 82.4 Å². The van der Waals surface area contributed by atoms with Crippen LogP contribution in [0.4, 0.5) is 0 Å². The molecule has 3 rings (SSSR count). The molecule has 0 unspecified atom stereocenters. The van der Waals surface area contributed by atoms with Gasteiger partial charge in [-0.2, -0.15) is 5.10 Å². The fourth-order valence-corrected chi connectivity index (χ4v) is 3.10. The number of halogens is 1. The second-order valence-electron chi connectivity index (χ2n) is 6.76. The first-order chi connectivity index (χ1) is 15.4. The van der Waals surface area contributed by atoms with Crippen LogP contribution >= 0.6 is 15.9 Å². The largest absolute Gasteiger partial charge is 0.423 e. The van der Waals surface area contributed by atoms with E-state index in [4.69, 9.17) is 4.74 Å². The molecule has 0 aliphatic heterocycles. The Morgan fingerprint density at radius 2 is 1.75 bits per heavy atom. The summed E-state index contributed by atoms with van der Waals surface area (Å²) in [6.07, 6.45) is 1.45. The molecule has 0 radical (unpaired) electrons. The Morgan fingerprint density at radius 3 is 2.47 bits per heavy atom. The summed E-state index contributed by atoms with van der Waals surface area (Å²) in [7, 11) is 0. The predicted octanol–water partition coefficient (Wildman–Crippen LogP) is 3.86. The van der Waals surface area contributed by atoms with E-state index in [1.807, 2.05) is 19.1 Å². The number of hydrogen-bond acceptors (Lipinski definition) is 5. The topological polar surface area (TPSA) is 96.9 Å². The number of amides is 2. The standard InChI is InChI=1S/C24H20BrN3O4/c1-16-5-2-3-8-21(16)24(31)32-20-11-9-17(10-12-20)14-27-28-22(29)15-26-23(30)18-6-4-7-19(25)13-18/h2-14H,15H2,1H3,(H,26,30)(H,28,29)/b27-14-. The maximum Gasteiger partial charge on any atom is 0.343 e. The van der Waals surface area contributed by atoms with Crippen molar-refractivity contribution in [2.24, 2.45) is 5.10 Å². The number of carbonyl (C=O) groups is 3. The van der Waals surface area contributed by atoms with E-state index in [0.717, 1.165) is 10.0 Å². The van der Waals surface area contributed by atoms with Gasteiger partial charge in [0.25, 0.3) is 11.8 Å². The number of carbonyl (C=O) groups excluding carboxylic acids is 3. The second-order valence-corrected chi connectivity index (χ2v) is 7.68. The van der Waals surface area contributed by atoms with E-state index in [1.165, 1.54) is 6.21 Å². The number of benzene rings is 3. The van der Waals surface area contributed by atoms with Crippen LogP contribution < -0.4 is 15.5 Å². The van der Waals surface area contributed by atoms with Gasteiger partial charge in [-0.05, 0) is 66.6 Å². The van der Waals surface area contributed by atoms with Crippen LogP contribution in [0.1, 0.15) is 31.8 Å². The molecule has 32 heavy (non-hydrogen) atoms. The summed E-state index contributed by atoms with van der Waals surface area (Å²) in [6, 6.07) is 20.7. The van der Waals surface area contributed by atoms with Crippen molar-refractivity contribution >= 4 is 39.9 Å². The third-order valence-electron chi connectivity index (χ3n) is 4.35. The summed E-state index contributed by atoms with van der Waals surface area (Å²) in [4.78, 5) is 36.2. The fourth-order valence-electron chi connectivity index (χ4n) is 2.70. The van der Waals surface area contributed by atoms with Gasteiger partial charge in [-0.15, -0.1) is 0 Å². The van der Waals surface area contributed by atoms with Gasteiger partial charge in [-0.3, -0.25) is 9.59 Å². The van der Waals surface area contributed by atoms with Crippen molar-refractivity contribution in [3.63, 3.8) is 0 Å². The molecule has 8 heteroatoms. The number of hydrazone groups is 1. The fraction of sp³-hybridized carbons (Fsp3) is 0.0833. The molecule has 0 aliphatic carbocycles. The quantitative estimate of drug-likeness (QED) is 0.226. The Kier molecular flexibility index (Phi) is 7.88. The summed E-state index contributed by atoms with van der Waals surface area (Å²) < 4.78 is 6.15. The summed E-state index contributed by atoms with van der Waals surface area (Å²) in [6.45, 7) is 1.63. The second kappa shape index (κ2) is 11.0. The van der Waals surface area contributed by atoms with E-state index < -0.39 is 11.9 Å². The molecule has 3 aromatic carbocycles. The number of ether oxygens (including phenoxy) is 1. The summed E-state index contributed by atoms with van der Waals surface area (Å²) in [5.74, 6) is -0.856. The van der Waals surface area contributed by atoms with Crippen molar-refractivity contribution in [1.82, 2.24) is 10.7 Å². The minimum Gasteiger partial charge on any atom is -0.423 e. The van der Waals surface area contributed by atoms with E-state index in [1.54, 1.807) is 60.7 Å². The third-order valence-corrected chi connectivity index (χ3v) is 4.85. The molecular weight excluding hydrogens is 474 g/mol. The highest BCUT2D eigenvalue weighted by molar-refractivity contribution is 9.10. The molecule has 162 valence electrons. The number of aryl methyl sites for hydroxylation is 1. The average Bonchev–Trinajstić information content (AvgIpc) is 2.79. The molecule has 0 aliphatic rings. The number of hydrogen-bond donors (Lipinski definition) is 2. The SMILES string of the molecule is Cc1ccccc1C(=O)Oc1ccc(/C=N\NC(=O)CNC(=O)c2cccc(Br)c2)cc1. The maximum absolute atomic E-state index is 12.3. The average molecular weight is 494 g/mol. The Bertz CT molecular complexity index is 1160. The van der Waals surface area contributed by atoms with Crippen molar-refractivity contribution in [3.05, 3.63) is 99.5 Å². The highest BCUT2D eigenvalue weighted by Crippen LogP contribution is 2.15. The normalized spacial score (nSPS) is 10.6. The van der Waals surface area contributed by atoms with Gasteiger partial charge in [0.05, 0.1) is 18.3 Å². The Hall–Kier alpha value is -3.78. The monoisotopic (exact) mass is 493 g/mol. The van der Waals surface area contributed by atoms with Crippen molar-refractivity contribution in [2.45, 2.75) is 6.92 Å². The van der Waals surface area contributed by atoms with E-state index in [2.05, 4.69) is 31.8 Å². The van der Waals surface area contributed by atoms with E-state index in [-0.39, 0.29) is 12.5 Å². The van der Waals surface area contributed by atoms with Gasteiger partial charge in [0.2, 0.25) is 0 Å². The number of rotatable bonds is 7. The van der Waals surface area contributed by atoms with E-state index in [9.17, 15) is 14.4 Å². The lowest BCUT2D eigenvalue weighted by Gasteiger charge is -2.06. The van der Waals surface area contributed by atoms with Crippen molar-refractivity contribution < 1.29 is 19.1 Å². The van der Waals surface area contributed by atoms with Gasteiger partial charge in [-0.25, -0.2) is 10.2 Å². The van der Waals surface area contributed by atoms with E-state index >= 15 is 0 Å². The highest BCUT2D eigenvalue weighted by atomic mass is 79.9. The maximum atomic E-state index is 12.3. The van der Waals surface area contributed by atoms with Crippen molar-refractivity contribution in [2.75, 3.05) is 6.54 Å². The van der Waals surface area contributed by atoms with Crippen LogP contribution in [0, 0.1) is 6.92 Å². The Morgan fingerprint density at radius 1 is 1.00 bits per heavy atom. The van der Waals surface area contributed by atoms with Crippen LogP contribution in [-0.2, 0) is 4.79 Å². The predicted molar refractivity (Wildman–Crippen MR) is 125 cm³/mol. The number of nitrogens with zero attached hydrogens (tertiary/aromatic N) is 1. The van der Waals surface area contributed by atoms with E-state index in [0.29, 0.717) is 22.4 Å². The lowest BCUT2D eigenvalue weighted by molar-refractivity contribution is -0.120. The van der Waals surface area contributed by atoms with Crippen LogP contribution in [0.3, 0.4) is 0 Å². The molecule has 0 atom stereocenters. The van der Waals surface area contributed by atoms with Gasteiger partial charge in [-0.1, -0.05) is 40.2 Å². The first-order valence-electron chi connectivity index (χ1n) is 9.66. The molecule has 2 amide bonds. The van der Waals surface area contributed by atoms with Gasteiger partial charge in [0, 0.05) is 10.0 Å². The van der Waals surface area contributed by atoms with Crippen LogP contribution in [0.2, 0.25) is 0 Å². The van der Waals surface area contributed by atoms with Crippen LogP contribution in [-0.4, -0.2) is 30.5 Å². The van der Waals surface area contributed by atoms with Gasteiger partial charge >= 0.3 is 5.97 Å². The minimum absolute atomic E-state index is 0.212. The van der Waals surface area contributed by atoms with Crippen molar-refractivity contribution in [3.8, 4) is 5.75 Å². The first kappa shape index (κ1) is 22.9. The molecule has 0 bridgehead atoms. The highest BCUT2D eigenvalue weighted by Gasteiger charge is 2.11. The van der Waals surface area contributed by atoms with Gasteiger partial charge < -0.3 is 10.1 Å². The zero-order valence-electron chi connectivity index (χ0n) is 17.2. The van der Waals surface area contributed by atoms with Crippen LogP contribution in [0.25, 0.3) is 0 Å². The Balaban J connectivity index is 1.46. The minimum atomic E-state index is -0.464. The molecule has 0 fully saturated rings. The van der Waals surface area contributed by atoms with Crippen LogP contribution in [0.5, 0.6) is 5.75 Å². The number of nitrogens with one attached hydrogen (secondary N) is 2. The summed E-state index contributed by atoms with van der Waals surface area (Å²) in [5, 5.41) is 6.39. The molecule has 0 aromatic heterocycles. The summed E-state index contributed by atoms with van der Waals surface area (Å²) >= 11 is 3.29. The van der Waals surface area contributed by atoms with Crippen molar-refractivity contribution in [1.29, 1.82) is 0 Å². The third kappa shape index (κ3) is 6.61. The molecule has 3 aromatic rings. The molecule has 7 nitrogen and oxygen atoms in total. The molecule has 2 N–H and O–H groups in total. The Labute approximate surface area is 193 Å². The number of esters is 1. The lowest BCUT2D eigenvalue weighted by Crippen LogP contribution is -2.34. The van der Waals surface area contributed by atoms with Gasteiger partial charge in [0.1, 0.15) is 5.75 Å². The zero-order chi connectivity index (χ0) is 22.9. The first-order valence-corrected chi connectivity index (χ1v) is 10.5. The molecule has 0 saturated heterocycles. The smallest absolute Gasteiger partial charge is 0.343 e.